The molecule has 10 nitrogen and oxygen atoms in total. The summed E-state index contributed by atoms with van der Waals surface area (Å²) in [6.07, 6.45) is 7.60. The van der Waals surface area contributed by atoms with Crippen LogP contribution < -0.4 is 15.4 Å². The van der Waals surface area contributed by atoms with Gasteiger partial charge in [0.05, 0.1) is 11.8 Å². The van der Waals surface area contributed by atoms with Crippen LogP contribution in [-0.4, -0.2) is 65.9 Å². The highest BCUT2D eigenvalue weighted by Gasteiger charge is 2.16. The molecule has 1 saturated heterocycles. The Morgan fingerprint density at radius 3 is 2.75 bits per heavy atom. The van der Waals surface area contributed by atoms with Gasteiger partial charge in [-0.1, -0.05) is 24.6 Å². The van der Waals surface area contributed by atoms with Gasteiger partial charge < -0.3 is 19.8 Å². The van der Waals surface area contributed by atoms with E-state index in [-0.39, 0.29) is 17.4 Å². The lowest BCUT2D eigenvalue weighted by molar-refractivity contribution is -0.402. The monoisotopic (exact) mass is 516 g/mol. The molecule has 0 bridgehead atoms. The third kappa shape index (κ3) is 9.74. The maximum Gasteiger partial charge on any atom is 0.433 e. The fourth-order valence-electron chi connectivity index (χ4n) is 3.67. The fourth-order valence-corrected chi connectivity index (χ4v) is 4.34. The summed E-state index contributed by atoms with van der Waals surface area (Å²) in [5.41, 5.74) is 1.26. The summed E-state index contributed by atoms with van der Waals surface area (Å²) in [5, 5.41) is 16.0. The summed E-state index contributed by atoms with van der Waals surface area (Å²) in [6, 6.07) is 10.6. The summed E-state index contributed by atoms with van der Waals surface area (Å²) in [6.45, 7) is 4.42. The standard InChI is InChI=1S/C25H32N4O6S/c30-23(19-36-16-12-27-25(31)22-9-10-24(35-22)29(32)33)26-11-2-5-15-34-21-8-6-7-20(17-21)18-28-13-3-1-4-14-28/h2,5-10,17H,1,3-4,11-16,18-19H2,(H,26,30)(H,27,31)/b5-2-. The molecule has 194 valence electrons. The average Bonchev–Trinajstić information content (AvgIpc) is 3.38. The van der Waals surface area contributed by atoms with Gasteiger partial charge in [0.2, 0.25) is 5.91 Å². The van der Waals surface area contributed by atoms with Crippen molar-refractivity contribution in [1.82, 2.24) is 15.5 Å². The van der Waals surface area contributed by atoms with E-state index in [1.54, 1.807) is 0 Å². The molecule has 3 rings (SSSR count). The Hall–Kier alpha value is -3.31. The minimum Gasteiger partial charge on any atom is -0.490 e. The second-order valence-corrected chi connectivity index (χ2v) is 9.38. The molecule has 2 amide bonds. The van der Waals surface area contributed by atoms with Crippen molar-refractivity contribution in [2.75, 3.05) is 44.3 Å². The molecular formula is C25H32N4O6S. The Morgan fingerprint density at radius 1 is 1.14 bits per heavy atom. The second-order valence-electron chi connectivity index (χ2n) is 8.27. The lowest BCUT2D eigenvalue weighted by atomic mass is 10.1. The van der Waals surface area contributed by atoms with Crippen LogP contribution in [-0.2, 0) is 11.3 Å². The zero-order chi connectivity index (χ0) is 25.6. The maximum atomic E-state index is 11.9. The van der Waals surface area contributed by atoms with Crippen LogP contribution in [0.1, 0.15) is 35.4 Å². The summed E-state index contributed by atoms with van der Waals surface area (Å²) in [5.74, 6) is 0.374. The van der Waals surface area contributed by atoms with E-state index in [0.29, 0.717) is 25.4 Å². The number of hydrogen-bond donors (Lipinski definition) is 2. The van der Waals surface area contributed by atoms with Crippen molar-refractivity contribution in [3.8, 4) is 5.75 Å². The third-order valence-corrected chi connectivity index (χ3v) is 6.40. The van der Waals surface area contributed by atoms with E-state index in [1.807, 2.05) is 24.3 Å². The summed E-state index contributed by atoms with van der Waals surface area (Å²) in [7, 11) is 0. The van der Waals surface area contributed by atoms with E-state index in [9.17, 15) is 19.7 Å². The lowest BCUT2D eigenvalue weighted by Crippen LogP contribution is -2.29. The highest BCUT2D eigenvalue weighted by Crippen LogP contribution is 2.18. The number of ether oxygens (including phenoxy) is 1. The number of furan rings is 1. The van der Waals surface area contributed by atoms with Crippen LogP contribution in [0, 0.1) is 10.1 Å². The first-order valence-electron chi connectivity index (χ1n) is 12.0. The van der Waals surface area contributed by atoms with Crippen molar-refractivity contribution >= 4 is 29.5 Å². The second kappa shape index (κ2) is 14.9. The molecule has 1 aromatic carbocycles. The molecule has 0 radical (unpaired) electrons. The average molecular weight is 517 g/mol. The van der Waals surface area contributed by atoms with Gasteiger partial charge in [-0.15, -0.1) is 0 Å². The van der Waals surface area contributed by atoms with Gasteiger partial charge in [0.1, 0.15) is 17.3 Å². The molecule has 0 atom stereocenters. The molecule has 36 heavy (non-hydrogen) atoms. The van der Waals surface area contributed by atoms with E-state index in [4.69, 9.17) is 9.15 Å². The smallest absolute Gasteiger partial charge is 0.433 e. The van der Waals surface area contributed by atoms with Crippen LogP contribution in [0.5, 0.6) is 5.75 Å². The van der Waals surface area contributed by atoms with Crippen LogP contribution in [0.3, 0.4) is 0 Å². The van der Waals surface area contributed by atoms with Crippen molar-refractivity contribution in [2.24, 2.45) is 0 Å². The highest BCUT2D eigenvalue weighted by molar-refractivity contribution is 7.99. The Morgan fingerprint density at radius 2 is 1.97 bits per heavy atom. The number of likely N-dealkylation sites (tertiary alicyclic amines) is 1. The molecule has 1 aliphatic rings. The molecular weight excluding hydrogens is 484 g/mol. The summed E-state index contributed by atoms with van der Waals surface area (Å²) in [4.78, 5) is 36.1. The van der Waals surface area contributed by atoms with Crippen LogP contribution >= 0.6 is 11.8 Å². The first-order valence-corrected chi connectivity index (χ1v) is 13.1. The molecule has 2 heterocycles. The first-order chi connectivity index (χ1) is 17.5. The molecule has 0 spiro atoms. The van der Waals surface area contributed by atoms with Crippen molar-refractivity contribution in [2.45, 2.75) is 25.8 Å². The van der Waals surface area contributed by atoms with E-state index in [0.717, 1.165) is 31.5 Å². The quantitative estimate of drug-likeness (QED) is 0.169. The normalized spacial score (nSPS) is 14.0. The molecule has 0 aliphatic carbocycles. The van der Waals surface area contributed by atoms with Gasteiger partial charge in [-0.2, -0.15) is 11.8 Å². The molecule has 1 aliphatic heterocycles. The number of benzene rings is 1. The van der Waals surface area contributed by atoms with Crippen LogP contribution in [0.15, 0.2) is 53.0 Å². The number of carbonyl (C=O) groups is 2. The maximum absolute atomic E-state index is 11.9. The van der Waals surface area contributed by atoms with Gasteiger partial charge in [0.15, 0.2) is 5.76 Å². The number of thioether (sulfide) groups is 1. The van der Waals surface area contributed by atoms with Crippen LogP contribution in [0.25, 0.3) is 0 Å². The van der Waals surface area contributed by atoms with Crippen LogP contribution in [0.4, 0.5) is 5.88 Å². The van der Waals surface area contributed by atoms with Gasteiger partial charge in [-0.3, -0.25) is 24.6 Å². The molecule has 2 N–H and O–H groups in total. The number of carbonyl (C=O) groups excluding carboxylic acids is 2. The number of nitrogens with one attached hydrogen (secondary N) is 2. The van der Waals surface area contributed by atoms with Gasteiger partial charge >= 0.3 is 5.88 Å². The van der Waals surface area contributed by atoms with Gasteiger partial charge in [0.25, 0.3) is 5.91 Å². The Labute approximate surface area is 214 Å². The minimum atomic E-state index is -0.705. The number of rotatable bonds is 14. The first kappa shape index (κ1) is 27.3. The lowest BCUT2D eigenvalue weighted by Gasteiger charge is -2.26. The number of nitrogens with zero attached hydrogens (tertiary/aromatic N) is 2. The largest absolute Gasteiger partial charge is 0.490 e. The zero-order valence-electron chi connectivity index (χ0n) is 20.1. The molecule has 1 fully saturated rings. The predicted molar refractivity (Wildman–Crippen MR) is 138 cm³/mol. The van der Waals surface area contributed by atoms with Crippen molar-refractivity contribution < 1.29 is 23.7 Å². The van der Waals surface area contributed by atoms with Crippen molar-refractivity contribution in [3.63, 3.8) is 0 Å². The van der Waals surface area contributed by atoms with E-state index >= 15 is 0 Å². The van der Waals surface area contributed by atoms with Crippen molar-refractivity contribution in [3.05, 3.63) is 70.0 Å². The van der Waals surface area contributed by atoms with Crippen molar-refractivity contribution in [1.29, 1.82) is 0 Å². The van der Waals surface area contributed by atoms with Gasteiger partial charge in [0, 0.05) is 25.4 Å². The molecule has 1 aromatic heterocycles. The van der Waals surface area contributed by atoms with Gasteiger partial charge in [-0.05, 0) is 55.8 Å². The predicted octanol–water partition coefficient (Wildman–Crippen LogP) is 3.39. The number of nitro groups is 1. The minimum absolute atomic E-state index is 0.107. The van der Waals surface area contributed by atoms with E-state index in [1.165, 1.54) is 42.7 Å². The molecule has 11 heteroatoms. The summed E-state index contributed by atoms with van der Waals surface area (Å²) >= 11 is 1.37. The highest BCUT2D eigenvalue weighted by atomic mass is 32.2. The molecule has 0 saturated carbocycles. The number of amides is 2. The van der Waals surface area contributed by atoms with E-state index < -0.39 is 16.7 Å². The van der Waals surface area contributed by atoms with Crippen LogP contribution in [0.2, 0.25) is 0 Å². The van der Waals surface area contributed by atoms with Gasteiger partial charge in [-0.25, -0.2) is 0 Å². The molecule has 2 aromatic rings. The Bertz CT molecular complexity index is 1040. The SMILES string of the molecule is O=C(CSCCNC(=O)c1ccc([N+](=O)[O-])o1)NC/C=C\COc1cccc(CN2CCCCC2)c1. The number of hydrogen-bond acceptors (Lipinski definition) is 8. The van der Waals surface area contributed by atoms with E-state index in [2.05, 4.69) is 27.7 Å². The fraction of sp³-hybridized carbons (Fsp3) is 0.440. The zero-order valence-corrected chi connectivity index (χ0v) is 21.0. The number of piperidine rings is 1. The molecule has 0 unspecified atom stereocenters. The third-order valence-electron chi connectivity index (χ3n) is 5.44. The summed E-state index contributed by atoms with van der Waals surface area (Å²) < 4.78 is 10.6. The Balaban J connectivity index is 1.22. The Kier molecular flexibility index (Phi) is 11.3. The topological polar surface area (TPSA) is 127 Å².